The van der Waals surface area contributed by atoms with Crippen LogP contribution in [0.2, 0.25) is 0 Å². The number of benzene rings is 2. The van der Waals surface area contributed by atoms with Gasteiger partial charge in [-0.25, -0.2) is 0 Å². The van der Waals surface area contributed by atoms with E-state index in [1.165, 1.54) is 11.3 Å². The van der Waals surface area contributed by atoms with Crippen molar-refractivity contribution in [3.63, 3.8) is 0 Å². The van der Waals surface area contributed by atoms with Gasteiger partial charge in [0, 0.05) is 30.4 Å². The molecule has 2 atom stereocenters. The summed E-state index contributed by atoms with van der Waals surface area (Å²) >= 11 is 0. The molecule has 2 aliphatic heterocycles. The molecule has 0 aliphatic carbocycles. The van der Waals surface area contributed by atoms with E-state index in [-0.39, 0.29) is 17.4 Å². The quantitative estimate of drug-likeness (QED) is 0.805. The number of hydrogen-bond acceptors (Lipinski definition) is 2. The lowest BCUT2D eigenvalue weighted by Crippen LogP contribution is -2.57. The number of nitrogens with zero attached hydrogens (tertiary/aromatic N) is 2. The van der Waals surface area contributed by atoms with Crippen LogP contribution < -0.4 is 4.90 Å². The molecule has 4 rings (SSSR count). The number of piperidine rings is 1. The van der Waals surface area contributed by atoms with E-state index in [0.29, 0.717) is 0 Å². The molecule has 3 nitrogen and oxygen atoms in total. The Kier molecular flexibility index (Phi) is 2.80. The molecular weight excluding hydrogens is 272 g/mol. The number of carbonyl (C=O) groups is 1. The number of rotatable bonds is 1. The van der Waals surface area contributed by atoms with E-state index in [1.807, 2.05) is 30.1 Å². The fraction of sp³-hybridized carbons (Fsp3) is 0.316. The van der Waals surface area contributed by atoms with Crippen LogP contribution in [0.15, 0.2) is 54.6 Å². The average molecular weight is 292 g/mol. The van der Waals surface area contributed by atoms with E-state index in [4.69, 9.17) is 0 Å². The van der Waals surface area contributed by atoms with Gasteiger partial charge in [-0.1, -0.05) is 43.3 Å². The van der Waals surface area contributed by atoms with Crippen molar-refractivity contribution < 1.29 is 4.79 Å². The first-order valence-corrected chi connectivity index (χ1v) is 7.82. The summed E-state index contributed by atoms with van der Waals surface area (Å²) in [4.78, 5) is 17.0. The SMILES string of the molecule is CN1CCC2(C)c3ccccc3N(c3ccccc3)C2C1=O. The smallest absolute Gasteiger partial charge is 0.246 e. The molecule has 0 N–H and O–H groups in total. The van der Waals surface area contributed by atoms with Crippen molar-refractivity contribution in [2.45, 2.75) is 24.8 Å². The Labute approximate surface area is 131 Å². The monoisotopic (exact) mass is 292 g/mol. The maximum absolute atomic E-state index is 12.9. The molecule has 2 aromatic carbocycles. The zero-order valence-corrected chi connectivity index (χ0v) is 13.0. The molecule has 0 aromatic heterocycles. The molecule has 2 heterocycles. The molecule has 22 heavy (non-hydrogen) atoms. The summed E-state index contributed by atoms with van der Waals surface area (Å²) in [6.45, 7) is 3.06. The third-order valence-electron chi connectivity index (χ3n) is 5.25. The number of likely N-dealkylation sites (tertiary alicyclic amines) is 1. The predicted molar refractivity (Wildman–Crippen MR) is 88.4 cm³/mol. The summed E-state index contributed by atoms with van der Waals surface area (Å²) < 4.78 is 0. The Bertz CT molecular complexity index is 727. The topological polar surface area (TPSA) is 23.6 Å². The highest BCUT2D eigenvalue weighted by molar-refractivity contribution is 5.94. The second-order valence-electron chi connectivity index (χ2n) is 6.55. The first-order chi connectivity index (χ1) is 10.6. The van der Waals surface area contributed by atoms with Gasteiger partial charge >= 0.3 is 0 Å². The number of amides is 1. The minimum absolute atomic E-state index is 0.115. The molecule has 0 saturated carbocycles. The average Bonchev–Trinajstić information content (AvgIpc) is 2.83. The van der Waals surface area contributed by atoms with Crippen molar-refractivity contribution in [1.29, 1.82) is 0 Å². The van der Waals surface area contributed by atoms with Crippen LogP contribution in [0.25, 0.3) is 0 Å². The van der Waals surface area contributed by atoms with Gasteiger partial charge in [-0.05, 0) is 30.2 Å². The van der Waals surface area contributed by atoms with Gasteiger partial charge in [0.1, 0.15) is 6.04 Å². The van der Waals surface area contributed by atoms with E-state index < -0.39 is 0 Å². The third-order valence-corrected chi connectivity index (χ3v) is 5.25. The lowest BCUT2D eigenvalue weighted by Gasteiger charge is -2.43. The molecule has 112 valence electrons. The Morgan fingerprint density at radius 3 is 2.50 bits per heavy atom. The molecule has 3 heteroatoms. The number of para-hydroxylation sites is 2. The van der Waals surface area contributed by atoms with Crippen LogP contribution in [0.4, 0.5) is 11.4 Å². The lowest BCUT2D eigenvalue weighted by atomic mass is 9.73. The van der Waals surface area contributed by atoms with Gasteiger partial charge in [-0.2, -0.15) is 0 Å². The largest absolute Gasteiger partial charge is 0.344 e. The van der Waals surface area contributed by atoms with Gasteiger partial charge in [0.15, 0.2) is 0 Å². The van der Waals surface area contributed by atoms with Gasteiger partial charge in [-0.15, -0.1) is 0 Å². The molecule has 2 unspecified atom stereocenters. The van der Waals surface area contributed by atoms with E-state index in [9.17, 15) is 4.79 Å². The second kappa shape index (κ2) is 4.60. The highest BCUT2D eigenvalue weighted by Crippen LogP contribution is 2.52. The number of likely N-dealkylation sites (N-methyl/N-ethyl adjacent to an activating group) is 1. The van der Waals surface area contributed by atoms with Crippen LogP contribution in [0.5, 0.6) is 0 Å². The first-order valence-electron chi connectivity index (χ1n) is 7.82. The fourth-order valence-electron chi connectivity index (χ4n) is 3.99. The van der Waals surface area contributed by atoms with Gasteiger partial charge in [0.2, 0.25) is 5.91 Å². The fourth-order valence-corrected chi connectivity index (χ4v) is 3.99. The van der Waals surface area contributed by atoms with Gasteiger partial charge in [0.25, 0.3) is 0 Å². The molecule has 0 radical (unpaired) electrons. The molecule has 1 amide bonds. The van der Waals surface area contributed by atoms with Crippen LogP contribution in [0.3, 0.4) is 0 Å². The Balaban J connectivity index is 1.94. The molecule has 1 saturated heterocycles. The van der Waals surface area contributed by atoms with Crippen LogP contribution >= 0.6 is 0 Å². The van der Waals surface area contributed by atoms with E-state index in [0.717, 1.165) is 18.7 Å². The second-order valence-corrected chi connectivity index (χ2v) is 6.55. The zero-order chi connectivity index (χ0) is 15.3. The number of fused-ring (bicyclic) bond motifs is 3. The van der Waals surface area contributed by atoms with Crippen LogP contribution in [0, 0.1) is 0 Å². The predicted octanol–water partition coefficient (Wildman–Crippen LogP) is 3.33. The molecule has 2 aromatic rings. The third kappa shape index (κ3) is 1.65. The van der Waals surface area contributed by atoms with Crippen LogP contribution in [-0.2, 0) is 10.2 Å². The minimum Gasteiger partial charge on any atom is -0.344 e. The first kappa shape index (κ1) is 13.4. The number of anilines is 2. The summed E-state index contributed by atoms with van der Waals surface area (Å²) in [5, 5.41) is 0. The van der Waals surface area contributed by atoms with Crippen molar-refractivity contribution in [3.05, 3.63) is 60.2 Å². The van der Waals surface area contributed by atoms with Gasteiger partial charge in [-0.3, -0.25) is 4.79 Å². The van der Waals surface area contributed by atoms with Crippen molar-refractivity contribution in [1.82, 2.24) is 4.90 Å². The molecular formula is C19H20N2O. The number of hydrogen-bond donors (Lipinski definition) is 0. The van der Waals surface area contributed by atoms with Gasteiger partial charge in [0.05, 0.1) is 0 Å². The van der Waals surface area contributed by atoms with Gasteiger partial charge < -0.3 is 9.80 Å². The summed E-state index contributed by atoms with van der Waals surface area (Å²) in [6.07, 6.45) is 1.00. The summed E-state index contributed by atoms with van der Waals surface area (Å²) in [5.41, 5.74) is 3.44. The Morgan fingerprint density at radius 2 is 1.73 bits per heavy atom. The van der Waals surface area contributed by atoms with Crippen molar-refractivity contribution in [2.24, 2.45) is 0 Å². The van der Waals surface area contributed by atoms with Crippen molar-refractivity contribution in [2.75, 3.05) is 18.5 Å². The Hall–Kier alpha value is -2.29. The lowest BCUT2D eigenvalue weighted by molar-refractivity contribution is -0.135. The minimum atomic E-state index is -0.147. The van der Waals surface area contributed by atoms with Crippen LogP contribution in [0.1, 0.15) is 18.9 Å². The van der Waals surface area contributed by atoms with E-state index in [2.05, 4.69) is 48.2 Å². The van der Waals surface area contributed by atoms with E-state index >= 15 is 0 Å². The summed E-state index contributed by atoms with van der Waals surface area (Å²) in [7, 11) is 1.91. The molecule has 1 fully saturated rings. The van der Waals surface area contributed by atoms with Crippen molar-refractivity contribution >= 4 is 17.3 Å². The van der Waals surface area contributed by atoms with Crippen LogP contribution in [-0.4, -0.2) is 30.4 Å². The van der Waals surface area contributed by atoms with Crippen molar-refractivity contribution in [3.8, 4) is 0 Å². The molecule has 0 bridgehead atoms. The Morgan fingerprint density at radius 1 is 1.05 bits per heavy atom. The zero-order valence-electron chi connectivity index (χ0n) is 13.0. The summed E-state index contributed by atoms with van der Waals surface area (Å²) in [6, 6.07) is 18.6. The summed E-state index contributed by atoms with van der Waals surface area (Å²) in [5.74, 6) is 0.216. The normalized spacial score (nSPS) is 26.8. The highest BCUT2D eigenvalue weighted by Gasteiger charge is 2.54. The maximum atomic E-state index is 12.9. The molecule has 0 spiro atoms. The van der Waals surface area contributed by atoms with E-state index in [1.54, 1.807) is 0 Å². The maximum Gasteiger partial charge on any atom is 0.246 e. The highest BCUT2D eigenvalue weighted by atomic mass is 16.2. The number of carbonyl (C=O) groups excluding carboxylic acids is 1. The standard InChI is InChI=1S/C19H20N2O/c1-19-12-13-20(2)18(22)17(19)21(14-8-4-3-5-9-14)16-11-7-6-10-15(16)19/h3-11,17H,12-13H2,1-2H3. The molecule has 2 aliphatic rings.